The molecule has 18 heavy (non-hydrogen) atoms. The second-order valence-corrected chi connectivity index (χ2v) is 5.28. The molecule has 4 nitrogen and oxygen atoms in total. The third kappa shape index (κ3) is 2.48. The predicted molar refractivity (Wildman–Crippen MR) is 69.7 cm³/mol. The summed E-state index contributed by atoms with van der Waals surface area (Å²) in [4.78, 5) is 0.105. The summed E-state index contributed by atoms with van der Waals surface area (Å²) in [6, 6.07) is 5.98. The van der Waals surface area contributed by atoms with Gasteiger partial charge in [0.25, 0.3) is 0 Å². The van der Waals surface area contributed by atoms with E-state index in [1.54, 1.807) is 0 Å². The van der Waals surface area contributed by atoms with Crippen LogP contribution in [-0.4, -0.2) is 39.1 Å². The Kier molecular flexibility index (Phi) is 3.72. The fourth-order valence-electron chi connectivity index (χ4n) is 2.12. The van der Waals surface area contributed by atoms with Gasteiger partial charge in [-0.25, -0.2) is 0 Å². The molecule has 1 fully saturated rings. The number of hydrogen-bond donors (Lipinski definition) is 0. The first-order valence-corrected chi connectivity index (χ1v) is 6.99. The van der Waals surface area contributed by atoms with Crippen molar-refractivity contribution in [2.45, 2.75) is 10.9 Å². The molecule has 1 saturated heterocycles. The lowest BCUT2D eigenvalue weighted by molar-refractivity contribution is -0.0876. The summed E-state index contributed by atoms with van der Waals surface area (Å²) in [5.41, 5.74) is 1.12. The van der Waals surface area contributed by atoms with Crippen LogP contribution in [0.25, 0.3) is 0 Å². The minimum Gasteiger partial charge on any atom is -0.486 e. The minimum absolute atomic E-state index is 0.0429. The van der Waals surface area contributed by atoms with Gasteiger partial charge >= 0.3 is 0 Å². The lowest BCUT2D eigenvalue weighted by Crippen LogP contribution is -2.31. The Balaban J connectivity index is 1.78. The van der Waals surface area contributed by atoms with E-state index in [0.717, 1.165) is 17.1 Å². The summed E-state index contributed by atoms with van der Waals surface area (Å²) in [7, 11) is 0. The van der Waals surface area contributed by atoms with Crippen molar-refractivity contribution in [3.05, 3.63) is 23.8 Å². The van der Waals surface area contributed by atoms with Gasteiger partial charge in [-0.3, -0.25) is 0 Å². The molecular weight excluding hydrogens is 300 g/mol. The second kappa shape index (κ2) is 5.47. The highest BCUT2D eigenvalue weighted by Gasteiger charge is 2.25. The quantitative estimate of drug-likeness (QED) is 0.785. The maximum Gasteiger partial charge on any atom is 0.161 e. The van der Waals surface area contributed by atoms with Crippen LogP contribution in [0.15, 0.2) is 18.2 Å². The number of ether oxygens (including phenoxy) is 4. The average Bonchev–Trinajstić information content (AvgIpc) is 2.47. The second-order valence-electron chi connectivity index (χ2n) is 4.29. The Morgan fingerprint density at radius 2 is 1.89 bits per heavy atom. The van der Waals surface area contributed by atoms with Crippen LogP contribution in [0.3, 0.4) is 0 Å². The molecule has 2 heterocycles. The number of halogens is 1. The van der Waals surface area contributed by atoms with Crippen LogP contribution in [0, 0.1) is 0 Å². The molecule has 0 radical (unpaired) electrons. The fourth-order valence-corrected chi connectivity index (χ4v) is 2.71. The molecule has 0 saturated carbocycles. The van der Waals surface area contributed by atoms with E-state index in [1.807, 2.05) is 18.2 Å². The Labute approximate surface area is 114 Å². The maximum atomic E-state index is 5.69. The first kappa shape index (κ1) is 12.3. The van der Waals surface area contributed by atoms with Crippen molar-refractivity contribution in [3.8, 4) is 11.5 Å². The molecule has 5 heteroatoms. The average molecular weight is 315 g/mol. The van der Waals surface area contributed by atoms with Gasteiger partial charge in [0.05, 0.1) is 30.8 Å². The van der Waals surface area contributed by atoms with Crippen molar-refractivity contribution in [1.82, 2.24) is 0 Å². The Morgan fingerprint density at radius 3 is 2.67 bits per heavy atom. The number of alkyl halides is 1. The zero-order valence-electron chi connectivity index (χ0n) is 9.93. The smallest absolute Gasteiger partial charge is 0.161 e. The van der Waals surface area contributed by atoms with E-state index < -0.39 is 0 Å². The van der Waals surface area contributed by atoms with Gasteiger partial charge in [0, 0.05) is 0 Å². The van der Waals surface area contributed by atoms with Crippen LogP contribution in [0.1, 0.15) is 10.4 Å². The van der Waals surface area contributed by atoms with Gasteiger partial charge in [0.15, 0.2) is 11.5 Å². The van der Waals surface area contributed by atoms with E-state index in [-0.39, 0.29) is 10.9 Å². The summed E-state index contributed by atoms with van der Waals surface area (Å²) in [5, 5.41) is 0. The van der Waals surface area contributed by atoms with Gasteiger partial charge < -0.3 is 18.9 Å². The molecule has 0 amide bonds. The number of rotatable bonds is 2. The number of fused-ring (bicyclic) bond motifs is 1. The third-order valence-corrected chi connectivity index (χ3v) is 4.17. The van der Waals surface area contributed by atoms with Crippen LogP contribution in [0.5, 0.6) is 11.5 Å². The van der Waals surface area contributed by atoms with Gasteiger partial charge in [0.1, 0.15) is 13.2 Å². The molecule has 0 N–H and O–H groups in total. The van der Waals surface area contributed by atoms with E-state index in [4.69, 9.17) is 18.9 Å². The van der Waals surface area contributed by atoms with Crippen LogP contribution >= 0.6 is 15.9 Å². The van der Waals surface area contributed by atoms with Crippen LogP contribution in [-0.2, 0) is 9.47 Å². The van der Waals surface area contributed by atoms with Crippen LogP contribution in [0.2, 0.25) is 0 Å². The van der Waals surface area contributed by atoms with Crippen molar-refractivity contribution in [2.24, 2.45) is 0 Å². The molecule has 1 aromatic carbocycles. The molecule has 0 aliphatic carbocycles. The van der Waals surface area contributed by atoms with Crippen LogP contribution in [0.4, 0.5) is 0 Å². The van der Waals surface area contributed by atoms with E-state index in [1.165, 1.54) is 0 Å². The summed E-state index contributed by atoms with van der Waals surface area (Å²) >= 11 is 3.67. The molecule has 0 bridgehead atoms. The zero-order valence-corrected chi connectivity index (χ0v) is 11.5. The molecule has 1 aromatic rings. The molecular formula is C13H15BrO4. The van der Waals surface area contributed by atoms with E-state index in [9.17, 15) is 0 Å². The number of hydrogen-bond acceptors (Lipinski definition) is 4. The van der Waals surface area contributed by atoms with Gasteiger partial charge in [-0.2, -0.15) is 0 Å². The van der Waals surface area contributed by atoms with Crippen molar-refractivity contribution in [3.63, 3.8) is 0 Å². The monoisotopic (exact) mass is 314 g/mol. The topological polar surface area (TPSA) is 36.9 Å². The standard InChI is InChI=1S/C13H15BrO4/c14-13(12-8-15-3-4-18-12)9-1-2-10-11(7-9)17-6-5-16-10/h1-2,7,12-13H,3-6,8H2. The molecule has 3 rings (SSSR count). The first-order chi connectivity index (χ1) is 8.84. The van der Waals surface area contributed by atoms with Crippen molar-refractivity contribution >= 4 is 15.9 Å². The molecule has 98 valence electrons. The largest absolute Gasteiger partial charge is 0.486 e. The molecule has 2 aliphatic heterocycles. The predicted octanol–water partition coefficient (Wildman–Crippen LogP) is 2.31. The van der Waals surface area contributed by atoms with Gasteiger partial charge in [-0.15, -0.1) is 0 Å². The van der Waals surface area contributed by atoms with Crippen molar-refractivity contribution in [2.75, 3.05) is 33.0 Å². The Bertz CT molecular complexity index is 417. The van der Waals surface area contributed by atoms with Gasteiger partial charge in [-0.1, -0.05) is 22.0 Å². The van der Waals surface area contributed by atoms with E-state index in [0.29, 0.717) is 33.0 Å². The highest BCUT2D eigenvalue weighted by atomic mass is 79.9. The molecule has 0 spiro atoms. The summed E-state index contributed by atoms with van der Waals surface area (Å²) in [6.45, 7) is 3.16. The summed E-state index contributed by atoms with van der Waals surface area (Å²) in [5.74, 6) is 1.62. The summed E-state index contributed by atoms with van der Waals surface area (Å²) < 4.78 is 22.2. The van der Waals surface area contributed by atoms with Crippen molar-refractivity contribution < 1.29 is 18.9 Å². The maximum absolute atomic E-state index is 5.69. The SMILES string of the molecule is BrC(c1ccc2c(c1)OCCO2)C1COCCO1. The highest BCUT2D eigenvalue weighted by Crippen LogP contribution is 2.37. The molecule has 2 unspecified atom stereocenters. The lowest BCUT2D eigenvalue weighted by Gasteiger charge is -2.28. The van der Waals surface area contributed by atoms with Gasteiger partial charge in [0.2, 0.25) is 0 Å². The summed E-state index contributed by atoms with van der Waals surface area (Å²) in [6.07, 6.45) is 0.0429. The first-order valence-electron chi connectivity index (χ1n) is 6.07. The number of benzene rings is 1. The molecule has 0 aromatic heterocycles. The Hall–Kier alpha value is -0.780. The minimum atomic E-state index is 0.0429. The molecule has 2 atom stereocenters. The third-order valence-electron chi connectivity index (χ3n) is 3.05. The zero-order chi connectivity index (χ0) is 12.4. The highest BCUT2D eigenvalue weighted by molar-refractivity contribution is 9.09. The van der Waals surface area contributed by atoms with E-state index in [2.05, 4.69) is 15.9 Å². The lowest BCUT2D eigenvalue weighted by atomic mass is 10.1. The van der Waals surface area contributed by atoms with Crippen LogP contribution < -0.4 is 9.47 Å². The van der Waals surface area contributed by atoms with Crippen molar-refractivity contribution in [1.29, 1.82) is 0 Å². The molecule has 2 aliphatic rings. The van der Waals surface area contributed by atoms with E-state index >= 15 is 0 Å². The van der Waals surface area contributed by atoms with Gasteiger partial charge in [-0.05, 0) is 17.7 Å². The normalized spacial score (nSPS) is 24.6. The Morgan fingerprint density at radius 1 is 1.06 bits per heavy atom. The fraction of sp³-hybridized carbons (Fsp3) is 0.538.